The second-order valence-electron chi connectivity index (χ2n) is 3.90. The zero-order valence-corrected chi connectivity index (χ0v) is 11.0. The molecule has 0 spiro atoms. The van der Waals surface area contributed by atoms with Gasteiger partial charge in [-0.25, -0.2) is 0 Å². The summed E-state index contributed by atoms with van der Waals surface area (Å²) in [7, 11) is 0. The molecule has 1 aromatic carbocycles. The fourth-order valence-electron chi connectivity index (χ4n) is 1.71. The van der Waals surface area contributed by atoms with Crippen molar-refractivity contribution in [2.45, 2.75) is 33.1 Å². The maximum Gasteiger partial charge on any atom is 0.303 e. The molecule has 0 aliphatic rings. The Bertz CT molecular complexity index is 413. The first-order valence-electron chi connectivity index (χ1n) is 5.12. The highest BCUT2D eigenvalue weighted by Crippen LogP contribution is 2.34. The van der Waals surface area contributed by atoms with Crippen molar-refractivity contribution in [2.24, 2.45) is 0 Å². The molecule has 2 N–H and O–H groups in total. The van der Waals surface area contributed by atoms with Crippen LogP contribution in [-0.4, -0.2) is 16.2 Å². The number of hydrogen-bond donors (Lipinski definition) is 2. The molecular weight excluding hydrogens is 272 g/mol. The van der Waals surface area contributed by atoms with Gasteiger partial charge in [-0.15, -0.1) is 0 Å². The highest BCUT2D eigenvalue weighted by molar-refractivity contribution is 9.10. The highest BCUT2D eigenvalue weighted by Gasteiger charge is 2.11. The SMILES string of the molecule is Cc1cc(C)c(CCCC(=O)O)c(O)c1Br. The molecule has 1 aromatic rings. The van der Waals surface area contributed by atoms with E-state index >= 15 is 0 Å². The molecule has 0 heterocycles. The van der Waals surface area contributed by atoms with Crippen molar-refractivity contribution in [3.63, 3.8) is 0 Å². The smallest absolute Gasteiger partial charge is 0.303 e. The molecule has 0 atom stereocenters. The molecule has 16 heavy (non-hydrogen) atoms. The van der Waals surface area contributed by atoms with E-state index in [1.54, 1.807) is 0 Å². The number of rotatable bonds is 4. The first-order valence-corrected chi connectivity index (χ1v) is 5.92. The second kappa shape index (κ2) is 5.34. The number of halogens is 1. The van der Waals surface area contributed by atoms with Crippen LogP contribution in [0.4, 0.5) is 0 Å². The lowest BCUT2D eigenvalue weighted by atomic mass is 9.99. The van der Waals surface area contributed by atoms with E-state index in [4.69, 9.17) is 5.11 Å². The van der Waals surface area contributed by atoms with Crippen molar-refractivity contribution in [1.82, 2.24) is 0 Å². The van der Waals surface area contributed by atoms with Gasteiger partial charge in [0.25, 0.3) is 0 Å². The van der Waals surface area contributed by atoms with Crippen LogP contribution < -0.4 is 0 Å². The van der Waals surface area contributed by atoms with E-state index in [2.05, 4.69) is 15.9 Å². The van der Waals surface area contributed by atoms with Gasteiger partial charge in [0.2, 0.25) is 0 Å². The van der Waals surface area contributed by atoms with Gasteiger partial charge in [-0.1, -0.05) is 6.07 Å². The standard InChI is InChI=1S/C12H15BrO3/c1-7-6-8(2)11(13)12(16)9(7)4-3-5-10(14)15/h6,16H,3-5H2,1-2H3,(H,14,15). The Hall–Kier alpha value is -1.03. The van der Waals surface area contributed by atoms with Crippen LogP contribution in [-0.2, 0) is 11.2 Å². The number of hydrogen-bond acceptors (Lipinski definition) is 2. The number of aliphatic carboxylic acids is 1. The molecule has 0 saturated heterocycles. The van der Waals surface area contributed by atoms with Crippen molar-refractivity contribution < 1.29 is 15.0 Å². The van der Waals surface area contributed by atoms with Crippen LogP contribution in [0.15, 0.2) is 10.5 Å². The Kier molecular flexibility index (Phi) is 4.35. The molecule has 0 radical (unpaired) electrons. The third-order valence-electron chi connectivity index (χ3n) is 2.57. The van der Waals surface area contributed by atoms with Crippen molar-refractivity contribution in [2.75, 3.05) is 0 Å². The van der Waals surface area contributed by atoms with Crippen molar-refractivity contribution in [3.05, 3.63) is 27.2 Å². The van der Waals surface area contributed by atoms with Crippen LogP contribution in [0.3, 0.4) is 0 Å². The largest absolute Gasteiger partial charge is 0.506 e. The van der Waals surface area contributed by atoms with Crippen LogP contribution in [0.1, 0.15) is 29.5 Å². The predicted octanol–water partition coefficient (Wildman–Crippen LogP) is 3.18. The number of benzene rings is 1. The number of carboxylic acid groups (broad SMARTS) is 1. The number of phenols is 1. The Morgan fingerprint density at radius 1 is 1.38 bits per heavy atom. The van der Waals surface area contributed by atoms with Gasteiger partial charge in [-0.3, -0.25) is 4.79 Å². The van der Waals surface area contributed by atoms with E-state index in [9.17, 15) is 9.90 Å². The van der Waals surface area contributed by atoms with Gasteiger partial charge in [-0.05, 0) is 59.3 Å². The first-order chi connectivity index (χ1) is 7.43. The van der Waals surface area contributed by atoms with E-state index < -0.39 is 5.97 Å². The molecule has 1 rings (SSSR count). The number of aryl methyl sites for hydroxylation is 2. The van der Waals surface area contributed by atoms with Crippen molar-refractivity contribution in [1.29, 1.82) is 0 Å². The van der Waals surface area contributed by atoms with Gasteiger partial charge < -0.3 is 10.2 Å². The van der Waals surface area contributed by atoms with Crippen LogP contribution in [0.5, 0.6) is 5.75 Å². The molecule has 0 amide bonds. The molecule has 0 saturated carbocycles. The number of carbonyl (C=O) groups is 1. The summed E-state index contributed by atoms with van der Waals surface area (Å²) < 4.78 is 0.698. The number of aromatic hydroxyl groups is 1. The maximum absolute atomic E-state index is 10.4. The quantitative estimate of drug-likeness (QED) is 0.894. The summed E-state index contributed by atoms with van der Waals surface area (Å²) in [6.45, 7) is 3.84. The van der Waals surface area contributed by atoms with Gasteiger partial charge in [0, 0.05) is 6.42 Å². The molecule has 3 nitrogen and oxygen atoms in total. The Balaban J connectivity index is 2.87. The molecule has 0 unspecified atom stereocenters. The molecule has 88 valence electrons. The Morgan fingerprint density at radius 2 is 2.00 bits per heavy atom. The minimum atomic E-state index is -0.802. The fraction of sp³-hybridized carbons (Fsp3) is 0.417. The average Bonchev–Trinajstić information content (AvgIpc) is 2.19. The Morgan fingerprint density at radius 3 is 2.56 bits per heavy atom. The monoisotopic (exact) mass is 286 g/mol. The van der Waals surface area contributed by atoms with Gasteiger partial charge in [-0.2, -0.15) is 0 Å². The normalized spacial score (nSPS) is 10.4. The first kappa shape index (κ1) is 13.0. The van der Waals surface area contributed by atoms with Crippen LogP contribution in [0.25, 0.3) is 0 Å². The summed E-state index contributed by atoms with van der Waals surface area (Å²) in [6.07, 6.45) is 1.26. The minimum absolute atomic E-state index is 0.129. The zero-order chi connectivity index (χ0) is 12.3. The molecule has 0 fully saturated rings. The lowest BCUT2D eigenvalue weighted by molar-refractivity contribution is -0.137. The van der Waals surface area contributed by atoms with Crippen LogP contribution in [0, 0.1) is 13.8 Å². The number of phenolic OH excluding ortho intramolecular Hbond substituents is 1. The average molecular weight is 287 g/mol. The van der Waals surface area contributed by atoms with Crippen LogP contribution >= 0.6 is 15.9 Å². The molecule has 4 heteroatoms. The van der Waals surface area contributed by atoms with Gasteiger partial charge in [0.15, 0.2) is 0 Å². The van der Waals surface area contributed by atoms with E-state index in [-0.39, 0.29) is 12.2 Å². The molecule has 0 aromatic heterocycles. The van der Waals surface area contributed by atoms with E-state index in [1.165, 1.54) is 0 Å². The summed E-state index contributed by atoms with van der Waals surface area (Å²) >= 11 is 3.32. The lowest BCUT2D eigenvalue weighted by Gasteiger charge is -2.11. The fourth-order valence-corrected chi connectivity index (χ4v) is 2.07. The summed E-state index contributed by atoms with van der Waals surface area (Å²) in [4.78, 5) is 10.4. The molecule has 0 aliphatic carbocycles. The summed E-state index contributed by atoms with van der Waals surface area (Å²) in [5, 5.41) is 18.5. The van der Waals surface area contributed by atoms with E-state index in [0.29, 0.717) is 17.3 Å². The summed E-state index contributed by atoms with van der Waals surface area (Å²) in [6, 6.07) is 1.99. The highest BCUT2D eigenvalue weighted by atomic mass is 79.9. The van der Waals surface area contributed by atoms with Gasteiger partial charge in [0.1, 0.15) is 5.75 Å². The topological polar surface area (TPSA) is 57.5 Å². The lowest BCUT2D eigenvalue weighted by Crippen LogP contribution is -1.98. The van der Waals surface area contributed by atoms with E-state index in [1.807, 2.05) is 19.9 Å². The number of carboxylic acids is 1. The molecular formula is C12H15BrO3. The van der Waals surface area contributed by atoms with Crippen molar-refractivity contribution >= 4 is 21.9 Å². The summed E-state index contributed by atoms with van der Waals surface area (Å²) in [5.74, 6) is -0.564. The third-order valence-corrected chi connectivity index (χ3v) is 3.57. The third kappa shape index (κ3) is 2.98. The minimum Gasteiger partial charge on any atom is -0.506 e. The predicted molar refractivity (Wildman–Crippen MR) is 65.9 cm³/mol. The second-order valence-corrected chi connectivity index (χ2v) is 4.69. The van der Waals surface area contributed by atoms with Crippen LogP contribution in [0.2, 0.25) is 0 Å². The van der Waals surface area contributed by atoms with Gasteiger partial charge >= 0.3 is 5.97 Å². The van der Waals surface area contributed by atoms with Gasteiger partial charge in [0.05, 0.1) is 4.47 Å². The Labute approximate surface area is 103 Å². The zero-order valence-electron chi connectivity index (χ0n) is 9.38. The maximum atomic E-state index is 10.4. The van der Waals surface area contributed by atoms with E-state index in [0.717, 1.165) is 16.7 Å². The molecule has 0 bridgehead atoms. The van der Waals surface area contributed by atoms with Crippen molar-refractivity contribution in [3.8, 4) is 5.75 Å². The summed E-state index contributed by atoms with van der Waals surface area (Å²) in [5.41, 5.74) is 2.82. The molecule has 0 aliphatic heterocycles.